The highest BCUT2D eigenvalue weighted by atomic mass is 16.8. The normalized spacial score (nSPS) is 11.3. The Bertz CT molecular complexity index is 1220. The predicted molar refractivity (Wildman–Crippen MR) is 211 cm³/mol. The van der Waals surface area contributed by atoms with E-state index in [4.69, 9.17) is 66.3 Å². The first-order chi connectivity index (χ1) is 29.5. The lowest BCUT2D eigenvalue weighted by Gasteiger charge is -2.31. The fraction of sp³-hybridized carbons (Fsp3) is 0.821. The third-order valence-electron chi connectivity index (χ3n) is 8.41. The molecule has 22 heteroatoms. The third kappa shape index (κ3) is 28.0. The summed E-state index contributed by atoms with van der Waals surface area (Å²) < 4.78 is 74.0. The van der Waals surface area contributed by atoms with Gasteiger partial charge >= 0.3 is 24.6 Å². The van der Waals surface area contributed by atoms with Gasteiger partial charge in [-0.05, 0) is 26.2 Å². The second kappa shape index (κ2) is 35.3. The van der Waals surface area contributed by atoms with Crippen molar-refractivity contribution in [3.8, 4) is 0 Å². The third-order valence-corrected chi connectivity index (χ3v) is 8.41. The van der Waals surface area contributed by atoms with Crippen LogP contribution in [0.3, 0.4) is 0 Å². The van der Waals surface area contributed by atoms with Crippen LogP contribution in [0.15, 0.2) is 6.20 Å². The molecule has 0 atom stereocenters. The van der Waals surface area contributed by atoms with E-state index in [0.717, 1.165) is 50.8 Å². The van der Waals surface area contributed by atoms with Crippen molar-refractivity contribution in [3.05, 3.63) is 11.9 Å². The molecule has 1 rings (SSSR count). The summed E-state index contributed by atoms with van der Waals surface area (Å²) in [6.07, 6.45) is 1.74. The molecular weight excluding hydrogens is 814 g/mol. The Morgan fingerprint density at radius 3 is 1.36 bits per heavy atom. The highest BCUT2D eigenvalue weighted by Crippen LogP contribution is 2.25. The van der Waals surface area contributed by atoms with Gasteiger partial charge in [0.2, 0.25) is 0 Å². The summed E-state index contributed by atoms with van der Waals surface area (Å²) in [6.45, 7) is 2.34. The second-order valence-electron chi connectivity index (χ2n) is 13.7. The number of hydrogen-bond acceptors (Lipinski definition) is 21. The molecule has 1 heterocycles. The van der Waals surface area contributed by atoms with Crippen LogP contribution in [-0.2, 0) is 84.1 Å². The molecule has 0 bridgehead atoms. The Morgan fingerprint density at radius 1 is 0.574 bits per heavy atom. The van der Waals surface area contributed by atoms with Crippen molar-refractivity contribution >= 4 is 30.4 Å². The number of methoxy groups -OCH3 is 4. The summed E-state index contributed by atoms with van der Waals surface area (Å²) in [5.74, 6) is -0.240. The van der Waals surface area contributed by atoms with Gasteiger partial charge in [-0.15, -0.1) is 5.10 Å². The molecule has 0 saturated heterocycles. The molecule has 0 radical (unpaired) electrons. The zero-order chi connectivity index (χ0) is 45.0. The first kappa shape index (κ1) is 54.7. The van der Waals surface area contributed by atoms with Gasteiger partial charge in [0.15, 0.2) is 0 Å². The minimum Gasteiger partial charge on any atom is -0.432 e. The lowest BCUT2D eigenvalue weighted by atomic mass is 9.84. The quantitative estimate of drug-likeness (QED) is 0.0518. The largest absolute Gasteiger partial charge is 0.508 e. The summed E-state index contributed by atoms with van der Waals surface area (Å²) in [7, 11) is 5.75. The number of rotatable bonds is 37. The van der Waals surface area contributed by atoms with E-state index in [1.807, 2.05) is 10.9 Å². The number of aryl methyl sites for hydroxylation is 2. The van der Waals surface area contributed by atoms with Crippen LogP contribution in [0.25, 0.3) is 0 Å². The van der Waals surface area contributed by atoms with Gasteiger partial charge in [0, 0.05) is 47.6 Å². The molecule has 1 aromatic rings. The highest BCUT2D eigenvalue weighted by Gasteiger charge is 2.36. The molecule has 0 aliphatic heterocycles. The monoisotopic (exact) mass is 881 g/mol. The molecule has 352 valence electrons. The van der Waals surface area contributed by atoms with E-state index in [0.29, 0.717) is 6.42 Å². The second-order valence-corrected chi connectivity index (χ2v) is 13.7. The maximum atomic E-state index is 14.0. The average molecular weight is 882 g/mol. The smallest absolute Gasteiger partial charge is 0.432 e. The number of ether oxygens (including phenoxy) is 14. The van der Waals surface area contributed by atoms with Crippen LogP contribution >= 0.6 is 0 Å². The summed E-state index contributed by atoms with van der Waals surface area (Å²) in [5.41, 5.74) is -0.410. The van der Waals surface area contributed by atoms with Gasteiger partial charge in [-0.1, -0.05) is 37.8 Å². The topological polar surface area (TPSA) is 245 Å². The molecule has 1 aromatic heterocycles. The number of nitrogens with zero attached hydrogens (tertiary/aromatic N) is 3. The molecule has 0 aliphatic carbocycles. The highest BCUT2D eigenvalue weighted by molar-refractivity contribution is 5.84. The Morgan fingerprint density at radius 2 is 0.967 bits per heavy atom. The lowest BCUT2D eigenvalue weighted by Crippen LogP contribution is -2.43. The molecule has 0 aliphatic rings. The SMILES string of the molecule is CCCc1cn(CCCCCCCC(=O)C(C)(COC(COC(=O)OCCOC)COC(=O)OCCOC)COC(COC(=O)OCCOC)COC(=O)OCCOC)nn1. The lowest BCUT2D eigenvalue weighted by molar-refractivity contribution is -0.147. The van der Waals surface area contributed by atoms with Crippen molar-refractivity contribution in [1.29, 1.82) is 0 Å². The van der Waals surface area contributed by atoms with Crippen LogP contribution in [-0.4, -0.2) is 179 Å². The standard InChI is InChI=1S/C39H67N3O19/c1-7-13-31-24-42(41-40-31)15-12-10-8-9-11-14-34(43)39(2,29-60-32(25-56-35(44)52-20-16-48-3)26-57-36(45)53-21-17-49-4)30-61-33(27-58-37(46)54-22-18-50-5)28-59-38(47)55-23-19-51-6/h24,32-33H,7-23,25-30H2,1-6H3. The van der Waals surface area contributed by atoms with E-state index < -0.39 is 68.7 Å². The number of hydrogen-bond donors (Lipinski definition) is 0. The van der Waals surface area contributed by atoms with Crippen LogP contribution < -0.4 is 0 Å². The van der Waals surface area contributed by atoms with Crippen molar-refractivity contribution in [2.45, 2.75) is 84.0 Å². The van der Waals surface area contributed by atoms with Gasteiger partial charge in [0.25, 0.3) is 0 Å². The fourth-order valence-electron chi connectivity index (χ4n) is 4.95. The van der Waals surface area contributed by atoms with Gasteiger partial charge in [0.1, 0.15) is 70.8 Å². The minimum atomic E-state index is -1.38. The van der Waals surface area contributed by atoms with Crippen LogP contribution in [0, 0.1) is 5.41 Å². The number of carbonyl (C=O) groups is 5. The van der Waals surface area contributed by atoms with E-state index in [2.05, 4.69) is 17.2 Å². The van der Waals surface area contributed by atoms with Crippen LogP contribution in [0.5, 0.6) is 0 Å². The zero-order valence-corrected chi connectivity index (χ0v) is 36.6. The Kier molecular flexibility index (Phi) is 31.6. The van der Waals surface area contributed by atoms with Crippen LogP contribution in [0.1, 0.15) is 64.5 Å². The van der Waals surface area contributed by atoms with Gasteiger partial charge in [-0.25, -0.2) is 19.2 Å². The maximum absolute atomic E-state index is 14.0. The van der Waals surface area contributed by atoms with Gasteiger partial charge < -0.3 is 66.3 Å². The van der Waals surface area contributed by atoms with E-state index in [1.54, 1.807) is 6.92 Å². The van der Waals surface area contributed by atoms with Crippen LogP contribution in [0.4, 0.5) is 19.2 Å². The number of carbonyl (C=O) groups excluding carboxylic acids is 5. The number of unbranched alkanes of at least 4 members (excludes halogenated alkanes) is 4. The van der Waals surface area contributed by atoms with Crippen molar-refractivity contribution in [2.75, 3.05) is 121 Å². The Hall–Kier alpha value is -4.35. The van der Waals surface area contributed by atoms with Gasteiger partial charge in [-0.2, -0.15) is 0 Å². The molecule has 0 amide bonds. The number of Topliss-reactive ketones (excluding diaryl/α,β-unsaturated/α-hetero) is 1. The average Bonchev–Trinajstić information content (AvgIpc) is 3.70. The van der Waals surface area contributed by atoms with Crippen molar-refractivity contribution < 1.29 is 90.3 Å². The molecule has 0 aromatic carbocycles. The van der Waals surface area contributed by atoms with Crippen LogP contribution in [0.2, 0.25) is 0 Å². The van der Waals surface area contributed by atoms with E-state index in [9.17, 15) is 24.0 Å². The summed E-state index contributed by atoms with van der Waals surface area (Å²) >= 11 is 0. The fourth-order valence-corrected chi connectivity index (χ4v) is 4.95. The molecule has 0 N–H and O–H groups in total. The molecule has 0 unspecified atom stereocenters. The van der Waals surface area contributed by atoms with Crippen molar-refractivity contribution in [2.24, 2.45) is 5.41 Å². The molecule has 0 fully saturated rings. The van der Waals surface area contributed by atoms with E-state index >= 15 is 0 Å². The maximum Gasteiger partial charge on any atom is 0.508 e. The number of aromatic nitrogens is 3. The number of ketones is 1. The summed E-state index contributed by atoms with van der Waals surface area (Å²) in [4.78, 5) is 62.9. The first-order valence-corrected chi connectivity index (χ1v) is 20.3. The van der Waals surface area contributed by atoms with Crippen molar-refractivity contribution in [3.63, 3.8) is 0 Å². The van der Waals surface area contributed by atoms with E-state index in [-0.39, 0.29) is 78.3 Å². The summed E-state index contributed by atoms with van der Waals surface area (Å²) in [6, 6.07) is 0. The Labute approximate surface area is 357 Å². The first-order valence-electron chi connectivity index (χ1n) is 20.3. The predicted octanol–water partition coefficient (Wildman–Crippen LogP) is 4.12. The molecule has 0 saturated carbocycles. The Balaban J connectivity index is 3.11. The minimum absolute atomic E-state index is 0.0703. The zero-order valence-electron chi connectivity index (χ0n) is 36.6. The molecule has 0 spiro atoms. The molecular formula is C39H67N3O19. The molecule has 22 nitrogen and oxygen atoms in total. The van der Waals surface area contributed by atoms with Crippen molar-refractivity contribution in [1.82, 2.24) is 15.0 Å². The molecule has 61 heavy (non-hydrogen) atoms. The summed E-state index contributed by atoms with van der Waals surface area (Å²) in [5, 5.41) is 8.36. The van der Waals surface area contributed by atoms with E-state index in [1.165, 1.54) is 28.4 Å². The van der Waals surface area contributed by atoms with Gasteiger partial charge in [-0.3, -0.25) is 9.48 Å². The van der Waals surface area contributed by atoms with Gasteiger partial charge in [0.05, 0.1) is 50.8 Å².